The second-order valence-corrected chi connectivity index (χ2v) is 11.0. The van der Waals surface area contributed by atoms with Crippen molar-refractivity contribution in [1.82, 2.24) is 5.43 Å². The van der Waals surface area contributed by atoms with E-state index in [1.807, 2.05) is 31.2 Å². The highest BCUT2D eigenvalue weighted by Crippen LogP contribution is 2.34. The summed E-state index contributed by atoms with van der Waals surface area (Å²) in [5.74, 6) is -0.150. The molecule has 0 aliphatic heterocycles. The molecule has 4 aromatic carbocycles. The van der Waals surface area contributed by atoms with Crippen LogP contribution in [0.4, 0.5) is 11.4 Å². The van der Waals surface area contributed by atoms with Gasteiger partial charge in [0.25, 0.3) is 0 Å². The first-order chi connectivity index (χ1) is 19.2. The van der Waals surface area contributed by atoms with Gasteiger partial charge in [-0.3, -0.25) is 4.79 Å². The van der Waals surface area contributed by atoms with Crippen LogP contribution in [-0.4, -0.2) is 27.6 Å². The Labute approximate surface area is 242 Å². The van der Waals surface area contributed by atoms with Gasteiger partial charge < -0.3 is 14.2 Å². The summed E-state index contributed by atoms with van der Waals surface area (Å²) in [5, 5.41) is 8.11. The summed E-state index contributed by atoms with van der Waals surface area (Å²) in [6, 6.07) is 23.4. The number of hydrogen-bond acceptors (Lipinski definition) is 7. The number of nitrogens with one attached hydrogen (secondary N) is 2. The third kappa shape index (κ3) is 7.32. The molecule has 206 valence electrons. The molecule has 0 aliphatic rings. The summed E-state index contributed by atoms with van der Waals surface area (Å²) in [6.07, 6.45) is 1.45. The lowest BCUT2D eigenvalue weighted by Crippen LogP contribution is -2.20. The molecular weight excluding hydrogens is 573 g/mol. The molecule has 0 saturated carbocycles. The summed E-state index contributed by atoms with van der Waals surface area (Å²) in [7, 11) is -2.66. The number of methoxy groups -OCH3 is 1. The molecule has 8 nitrogen and oxygen atoms in total. The van der Waals surface area contributed by atoms with E-state index in [0.717, 1.165) is 5.56 Å². The van der Waals surface area contributed by atoms with Gasteiger partial charge in [-0.15, -0.1) is 0 Å². The first kappa shape index (κ1) is 28.9. The highest BCUT2D eigenvalue weighted by atomic mass is 35.5. The van der Waals surface area contributed by atoms with Gasteiger partial charge in [0.2, 0.25) is 5.91 Å². The number of hydrogen-bond donors (Lipinski definition) is 2. The van der Waals surface area contributed by atoms with Crippen molar-refractivity contribution in [2.45, 2.75) is 18.2 Å². The Kier molecular flexibility index (Phi) is 9.31. The van der Waals surface area contributed by atoms with E-state index in [4.69, 9.17) is 32.1 Å². The van der Waals surface area contributed by atoms with Crippen molar-refractivity contribution in [3.63, 3.8) is 0 Å². The van der Waals surface area contributed by atoms with Crippen molar-refractivity contribution < 1.29 is 22.1 Å². The molecule has 0 saturated heterocycles. The molecule has 4 rings (SSSR count). The van der Waals surface area contributed by atoms with Crippen molar-refractivity contribution in [1.29, 1.82) is 0 Å². The van der Waals surface area contributed by atoms with Gasteiger partial charge in [0.15, 0.2) is 11.5 Å². The largest absolute Gasteiger partial charge is 0.493 e. The highest BCUT2D eigenvalue weighted by Gasteiger charge is 2.19. The van der Waals surface area contributed by atoms with Gasteiger partial charge in [-0.1, -0.05) is 65.2 Å². The number of ether oxygens (including phenoxy) is 1. The summed E-state index contributed by atoms with van der Waals surface area (Å²) in [6.45, 7) is 1.86. The van der Waals surface area contributed by atoms with Crippen molar-refractivity contribution >= 4 is 56.8 Å². The molecule has 0 spiro atoms. The standard InChI is InChI=1S/C29H25Cl2N3O5S/c1-19-10-13-22(14-11-19)40(36,37)39-26-15-12-20(16-27(26)38-2)18-32-34-28(35)17-21-6-3-4-9-25(21)33-29-23(30)7-5-8-24(29)31/h3-16,18,33H,17H2,1-2H3,(H,34,35). The number of para-hydroxylation sites is 2. The Morgan fingerprint density at radius 3 is 2.33 bits per heavy atom. The molecule has 11 heteroatoms. The van der Waals surface area contributed by atoms with Gasteiger partial charge in [0, 0.05) is 5.69 Å². The third-order valence-corrected chi connectivity index (χ3v) is 7.57. The van der Waals surface area contributed by atoms with Crippen LogP contribution in [0.2, 0.25) is 10.0 Å². The molecule has 0 heterocycles. The van der Waals surface area contributed by atoms with Crippen molar-refractivity contribution in [2.75, 3.05) is 12.4 Å². The minimum absolute atomic E-state index is 0.0204. The maximum Gasteiger partial charge on any atom is 0.339 e. The predicted molar refractivity (Wildman–Crippen MR) is 158 cm³/mol. The summed E-state index contributed by atoms with van der Waals surface area (Å²) < 4.78 is 35.9. The molecule has 4 aromatic rings. The Morgan fingerprint density at radius 2 is 1.62 bits per heavy atom. The molecule has 0 atom stereocenters. The van der Waals surface area contributed by atoms with E-state index in [1.165, 1.54) is 31.5 Å². The van der Waals surface area contributed by atoms with Crippen LogP contribution < -0.4 is 19.7 Å². The maximum atomic E-state index is 12.7. The molecule has 2 N–H and O–H groups in total. The zero-order valence-electron chi connectivity index (χ0n) is 21.5. The number of aryl methyl sites for hydroxylation is 1. The highest BCUT2D eigenvalue weighted by molar-refractivity contribution is 7.87. The lowest BCUT2D eigenvalue weighted by Gasteiger charge is -2.14. The second kappa shape index (κ2) is 12.9. The first-order valence-corrected chi connectivity index (χ1v) is 14.1. The number of rotatable bonds is 10. The number of carbonyl (C=O) groups excluding carboxylic acids is 1. The molecule has 0 bridgehead atoms. The van der Waals surface area contributed by atoms with Crippen molar-refractivity contribution in [2.24, 2.45) is 5.10 Å². The molecule has 0 fully saturated rings. The zero-order chi connectivity index (χ0) is 28.7. The molecule has 40 heavy (non-hydrogen) atoms. The fourth-order valence-electron chi connectivity index (χ4n) is 3.64. The fraction of sp³-hybridized carbons (Fsp3) is 0.103. The van der Waals surface area contributed by atoms with Gasteiger partial charge in [-0.2, -0.15) is 13.5 Å². The van der Waals surface area contributed by atoms with Crippen LogP contribution in [0, 0.1) is 6.92 Å². The van der Waals surface area contributed by atoms with E-state index in [9.17, 15) is 13.2 Å². The van der Waals surface area contributed by atoms with E-state index in [-0.39, 0.29) is 28.7 Å². The SMILES string of the molecule is COc1cc(C=NNC(=O)Cc2ccccc2Nc2c(Cl)cccc2Cl)ccc1OS(=O)(=O)c1ccc(C)cc1. The van der Waals surface area contributed by atoms with Gasteiger partial charge in [-0.25, -0.2) is 5.43 Å². The minimum atomic E-state index is -4.05. The maximum absolute atomic E-state index is 12.7. The lowest BCUT2D eigenvalue weighted by molar-refractivity contribution is -0.120. The number of hydrazone groups is 1. The normalized spacial score (nSPS) is 11.3. The van der Waals surface area contributed by atoms with E-state index < -0.39 is 10.1 Å². The van der Waals surface area contributed by atoms with Gasteiger partial charge in [0.1, 0.15) is 4.90 Å². The molecule has 1 amide bonds. The van der Waals surface area contributed by atoms with E-state index in [2.05, 4.69) is 15.8 Å². The lowest BCUT2D eigenvalue weighted by atomic mass is 10.1. The topological polar surface area (TPSA) is 106 Å². The molecular formula is C29H25Cl2N3O5S. The van der Waals surface area contributed by atoms with Crippen molar-refractivity contribution in [3.05, 3.63) is 112 Å². The average Bonchev–Trinajstić information content (AvgIpc) is 2.92. The van der Waals surface area contributed by atoms with E-state index >= 15 is 0 Å². The fourth-order valence-corrected chi connectivity index (χ4v) is 5.08. The zero-order valence-corrected chi connectivity index (χ0v) is 23.8. The van der Waals surface area contributed by atoms with Crippen LogP contribution in [0.5, 0.6) is 11.5 Å². The number of amides is 1. The monoisotopic (exact) mass is 597 g/mol. The van der Waals surface area contributed by atoms with Crippen molar-refractivity contribution in [3.8, 4) is 11.5 Å². The average molecular weight is 599 g/mol. The Morgan fingerprint density at radius 1 is 0.925 bits per heavy atom. The van der Waals surface area contributed by atoms with Crippen LogP contribution >= 0.6 is 23.2 Å². The quantitative estimate of drug-likeness (QED) is 0.122. The van der Waals surface area contributed by atoms with Gasteiger partial charge in [0.05, 0.1) is 35.5 Å². The Hall–Kier alpha value is -4.05. The first-order valence-electron chi connectivity index (χ1n) is 12.0. The smallest absolute Gasteiger partial charge is 0.339 e. The van der Waals surface area contributed by atoms with Crippen LogP contribution in [0.1, 0.15) is 16.7 Å². The Bertz CT molecular complexity index is 1640. The van der Waals surface area contributed by atoms with Crippen LogP contribution in [0.25, 0.3) is 0 Å². The number of nitrogens with zero attached hydrogens (tertiary/aromatic N) is 1. The molecule has 0 aromatic heterocycles. The Balaban J connectivity index is 1.41. The van der Waals surface area contributed by atoms with E-state index in [1.54, 1.807) is 42.5 Å². The number of anilines is 2. The van der Waals surface area contributed by atoms with E-state index in [0.29, 0.717) is 32.5 Å². The number of benzene rings is 4. The number of halogens is 2. The van der Waals surface area contributed by atoms with Crippen LogP contribution in [0.3, 0.4) is 0 Å². The third-order valence-electron chi connectivity index (χ3n) is 5.69. The van der Waals surface area contributed by atoms with Crippen LogP contribution in [-0.2, 0) is 21.3 Å². The van der Waals surface area contributed by atoms with Gasteiger partial charge >= 0.3 is 10.1 Å². The predicted octanol–water partition coefficient (Wildman–Crippen LogP) is 6.51. The summed E-state index contributed by atoms with van der Waals surface area (Å²) >= 11 is 12.5. The molecule has 0 radical (unpaired) electrons. The number of carbonyl (C=O) groups is 1. The second-order valence-electron chi connectivity index (χ2n) is 8.61. The molecule has 0 aliphatic carbocycles. The summed E-state index contributed by atoms with van der Waals surface area (Å²) in [4.78, 5) is 12.6. The van der Waals surface area contributed by atoms with Crippen LogP contribution in [0.15, 0.2) is 94.9 Å². The minimum Gasteiger partial charge on any atom is -0.493 e. The summed E-state index contributed by atoms with van der Waals surface area (Å²) in [5.41, 5.74) is 5.90. The van der Waals surface area contributed by atoms with Gasteiger partial charge in [-0.05, 0) is 66.6 Å². The molecule has 0 unspecified atom stereocenters.